The number of phenols is 1. The summed E-state index contributed by atoms with van der Waals surface area (Å²) in [5.41, 5.74) is 1.23. The summed E-state index contributed by atoms with van der Waals surface area (Å²) in [7, 11) is 1.46. The smallest absolute Gasteiger partial charge is 0.412 e. The first-order valence-electron chi connectivity index (χ1n) is 7.74. The van der Waals surface area contributed by atoms with Gasteiger partial charge in [-0.25, -0.2) is 4.79 Å². The van der Waals surface area contributed by atoms with Crippen molar-refractivity contribution >= 4 is 27.7 Å². The summed E-state index contributed by atoms with van der Waals surface area (Å²) in [6.07, 6.45) is -0.320. The van der Waals surface area contributed by atoms with E-state index >= 15 is 0 Å². The van der Waals surface area contributed by atoms with Gasteiger partial charge in [-0.15, -0.1) is 0 Å². The Balaban J connectivity index is 2.09. The van der Waals surface area contributed by atoms with E-state index in [0.717, 1.165) is 4.47 Å². The van der Waals surface area contributed by atoms with E-state index in [1.807, 2.05) is 0 Å². The van der Waals surface area contributed by atoms with Gasteiger partial charge in [-0.2, -0.15) is 0 Å². The Morgan fingerprint density at radius 3 is 2.56 bits per heavy atom. The summed E-state index contributed by atoms with van der Waals surface area (Å²) in [6.45, 7) is -0.0175. The molecule has 0 radical (unpaired) electrons. The van der Waals surface area contributed by atoms with Crippen LogP contribution in [0.3, 0.4) is 0 Å². The molecule has 0 heterocycles. The van der Waals surface area contributed by atoms with Gasteiger partial charge in [0.1, 0.15) is 6.10 Å². The number of aromatic hydroxyl groups is 1. The van der Waals surface area contributed by atoms with E-state index < -0.39 is 12.2 Å². The molecule has 0 saturated carbocycles. The van der Waals surface area contributed by atoms with Gasteiger partial charge in [0.25, 0.3) is 0 Å². The summed E-state index contributed by atoms with van der Waals surface area (Å²) in [5.74, 6) is 0.301. The lowest BCUT2D eigenvalue weighted by Gasteiger charge is -2.19. The number of halogens is 1. The van der Waals surface area contributed by atoms with Gasteiger partial charge < -0.3 is 19.7 Å². The number of aliphatic hydroxyl groups is 1. The fraction of sp³-hybridized carbons (Fsp3) is 0.278. The lowest BCUT2D eigenvalue weighted by atomic mass is 10.0. The largest absolute Gasteiger partial charge is 0.504 e. The van der Waals surface area contributed by atoms with Crippen LogP contribution in [0.2, 0.25) is 0 Å². The molecule has 0 aliphatic carbocycles. The number of aliphatic hydroxyl groups excluding tert-OH is 1. The molecule has 0 aliphatic rings. The average molecular weight is 410 g/mol. The van der Waals surface area contributed by atoms with Gasteiger partial charge in [0.2, 0.25) is 0 Å². The SMILES string of the molecule is COc1ccc([C@@H](CCCO)OC(=O)Nc2ccc(Br)cc2)cc1O. The standard InChI is InChI=1S/C18H20BrNO5/c1-24-17-9-4-12(11-15(17)22)16(3-2-10-21)25-18(23)20-14-7-5-13(19)6-8-14/h4-9,11,16,21-22H,2-3,10H2,1H3,(H,20,23)/t16-/m1/s1. The Kier molecular flexibility index (Phi) is 7.09. The molecule has 0 aliphatic heterocycles. The fourth-order valence-electron chi connectivity index (χ4n) is 2.29. The van der Waals surface area contributed by atoms with Crippen LogP contribution in [-0.2, 0) is 4.74 Å². The molecule has 2 rings (SSSR count). The first kappa shape index (κ1) is 19.1. The molecule has 2 aromatic rings. The van der Waals surface area contributed by atoms with Crippen LogP contribution in [0.25, 0.3) is 0 Å². The highest BCUT2D eigenvalue weighted by Gasteiger charge is 2.18. The summed E-state index contributed by atoms with van der Waals surface area (Å²) < 4.78 is 11.4. The van der Waals surface area contributed by atoms with Gasteiger partial charge in [-0.1, -0.05) is 22.0 Å². The predicted molar refractivity (Wildman–Crippen MR) is 98.0 cm³/mol. The predicted octanol–water partition coefficient (Wildman–Crippen LogP) is 4.23. The summed E-state index contributed by atoms with van der Waals surface area (Å²) in [5, 5.41) is 21.6. The van der Waals surface area contributed by atoms with Gasteiger partial charge >= 0.3 is 6.09 Å². The second-order valence-corrected chi connectivity index (χ2v) is 6.24. The molecule has 6 nitrogen and oxygen atoms in total. The quantitative estimate of drug-likeness (QED) is 0.636. The molecule has 0 spiro atoms. The molecule has 1 amide bonds. The zero-order valence-corrected chi connectivity index (χ0v) is 15.3. The zero-order valence-electron chi connectivity index (χ0n) is 13.7. The van der Waals surface area contributed by atoms with Crippen molar-refractivity contribution in [2.45, 2.75) is 18.9 Å². The average Bonchev–Trinajstić information content (AvgIpc) is 2.60. The van der Waals surface area contributed by atoms with Crippen LogP contribution in [0, 0.1) is 0 Å². The fourth-order valence-corrected chi connectivity index (χ4v) is 2.55. The highest BCUT2D eigenvalue weighted by atomic mass is 79.9. The Labute approximate surface area is 154 Å². The number of hydrogen-bond acceptors (Lipinski definition) is 5. The maximum atomic E-state index is 12.2. The molecule has 3 N–H and O–H groups in total. The number of nitrogens with one attached hydrogen (secondary N) is 1. The molecule has 7 heteroatoms. The van der Waals surface area contributed by atoms with Crippen molar-refractivity contribution in [2.75, 3.05) is 19.0 Å². The molecule has 0 saturated heterocycles. The third kappa shape index (κ3) is 5.65. The number of anilines is 1. The maximum Gasteiger partial charge on any atom is 0.412 e. The first-order valence-corrected chi connectivity index (χ1v) is 8.53. The number of hydrogen-bond donors (Lipinski definition) is 3. The summed E-state index contributed by atoms with van der Waals surface area (Å²) in [4.78, 5) is 12.2. The third-order valence-corrected chi connectivity index (χ3v) is 4.07. The molecule has 0 aromatic heterocycles. The van der Waals surface area contributed by atoms with Crippen LogP contribution in [0.5, 0.6) is 11.5 Å². The van der Waals surface area contributed by atoms with Crippen LogP contribution in [0.15, 0.2) is 46.9 Å². The van der Waals surface area contributed by atoms with Crippen molar-refractivity contribution < 1.29 is 24.5 Å². The lowest BCUT2D eigenvalue weighted by molar-refractivity contribution is 0.0993. The molecule has 1 atom stereocenters. The number of carbonyl (C=O) groups excluding carboxylic acids is 1. The summed E-state index contributed by atoms with van der Waals surface area (Å²) >= 11 is 3.33. The van der Waals surface area contributed by atoms with Crippen molar-refractivity contribution in [3.63, 3.8) is 0 Å². The Morgan fingerprint density at radius 1 is 1.24 bits per heavy atom. The third-order valence-electron chi connectivity index (χ3n) is 3.54. The molecule has 134 valence electrons. The lowest BCUT2D eigenvalue weighted by Crippen LogP contribution is -2.18. The molecular formula is C18H20BrNO5. The van der Waals surface area contributed by atoms with Crippen LogP contribution in [0.1, 0.15) is 24.5 Å². The van der Waals surface area contributed by atoms with Crippen molar-refractivity contribution in [1.29, 1.82) is 0 Å². The minimum atomic E-state index is -0.611. The van der Waals surface area contributed by atoms with Gasteiger partial charge in [-0.05, 0) is 54.8 Å². The molecule has 0 bridgehead atoms. The zero-order chi connectivity index (χ0) is 18.2. The normalized spacial score (nSPS) is 11.6. The van der Waals surface area contributed by atoms with Gasteiger partial charge in [0.15, 0.2) is 11.5 Å². The highest BCUT2D eigenvalue weighted by Crippen LogP contribution is 2.32. The molecule has 25 heavy (non-hydrogen) atoms. The Morgan fingerprint density at radius 2 is 1.96 bits per heavy atom. The number of ether oxygens (including phenoxy) is 2. The van der Waals surface area contributed by atoms with Crippen molar-refractivity contribution in [2.24, 2.45) is 0 Å². The van der Waals surface area contributed by atoms with Crippen molar-refractivity contribution in [3.8, 4) is 11.5 Å². The second-order valence-electron chi connectivity index (χ2n) is 5.32. The molecule has 0 unspecified atom stereocenters. The monoisotopic (exact) mass is 409 g/mol. The van der Waals surface area contributed by atoms with Gasteiger partial charge in [-0.3, -0.25) is 5.32 Å². The number of rotatable bonds is 7. The molecular weight excluding hydrogens is 390 g/mol. The number of carbonyl (C=O) groups is 1. The van der Waals surface area contributed by atoms with Gasteiger partial charge in [0.05, 0.1) is 7.11 Å². The number of methoxy groups -OCH3 is 1. The minimum absolute atomic E-state index is 0.0175. The number of phenolic OH excluding ortho intramolecular Hbond substituents is 1. The van der Waals surface area contributed by atoms with E-state index in [-0.39, 0.29) is 12.4 Å². The maximum absolute atomic E-state index is 12.2. The summed E-state index contributed by atoms with van der Waals surface area (Å²) in [6, 6.07) is 11.9. The first-order chi connectivity index (χ1) is 12.0. The van der Waals surface area contributed by atoms with Crippen LogP contribution in [-0.4, -0.2) is 30.0 Å². The van der Waals surface area contributed by atoms with E-state index in [9.17, 15) is 9.90 Å². The van der Waals surface area contributed by atoms with E-state index in [1.165, 1.54) is 13.2 Å². The topological polar surface area (TPSA) is 88.0 Å². The van der Waals surface area contributed by atoms with Crippen LogP contribution < -0.4 is 10.1 Å². The number of benzene rings is 2. The Hall–Kier alpha value is -2.25. The van der Waals surface area contributed by atoms with Crippen molar-refractivity contribution in [3.05, 3.63) is 52.5 Å². The van der Waals surface area contributed by atoms with Gasteiger partial charge in [0, 0.05) is 16.8 Å². The van der Waals surface area contributed by atoms with Crippen molar-refractivity contribution in [1.82, 2.24) is 0 Å². The van der Waals surface area contributed by atoms with Crippen LogP contribution >= 0.6 is 15.9 Å². The van der Waals surface area contributed by atoms with E-state index in [1.54, 1.807) is 36.4 Å². The second kappa shape index (κ2) is 9.29. The van der Waals surface area contributed by atoms with E-state index in [0.29, 0.717) is 29.8 Å². The molecule has 2 aromatic carbocycles. The van der Waals surface area contributed by atoms with Crippen LogP contribution in [0.4, 0.5) is 10.5 Å². The van der Waals surface area contributed by atoms with E-state index in [2.05, 4.69) is 21.2 Å². The highest BCUT2D eigenvalue weighted by molar-refractivity contribution is 9.10. The Bertz CT molecular complexity index is 705. The molecule has 0 fully saturated rings. The minimum Gasteiger partial charge on any atom is -0.504 e. The number of amides is 1. The van der Waals surface area contributed by atoms with E-state index in [4.69, 9.17) is 14.6 Å².